The lowest BCUT2D eigenvalue weighted by Crippen LogP contribution is -2.43. The van der Waals surface area contributed by atoms with Gasteiger partial charge >= 0.3 is 0 Å². The molecule has 1 aromatic heterocycles. The quantitative estimate of drug-likeness (QED) is 0.293. The zero-order chi connectivity index (χ0) is 29.3. The van der Waals surface area contributed by atoms with Crippen molar-refractivity contribution in [1.82, 2.24) is 9.47 Å². The number of hydrogen-bond acceptors (Lipinski definition) is 7. The number of aromatic nitrogens is 1. The minimum absolute atomic E-state index is 0.0235. The van der Waals surface area contributed by atoms with Crippen LogP contribution in [0.4, 0.5) is 11.4 Å². The van der Waals surface area contributed by atoms with Gasteiger partial charge in [0, 0.05) is 37.3 Å². The van der Waals surface area contributed by atoms with E-state index in [1.54, 1.807) is 40.7 Å². The van der Waals surface area contributed by atoms with Gasteiger partial charge in [-0.25, -0.2) is 4.99 Å². The number of amides is 1. The number of likely N-dealkylation sites (N-methyl/N-ethyl adjacent to an activating group) is 1. The third-order valence-electron chi connectivity index (χ3n) is 7.68. The van der Waals surface area contributed by atoms with Crippen LogP contribution in [0, 0.1) is 10.1 Å². The van der Waals surface area contributed by atoms with Gasteiger partial charge in [0.1, 0.15) is 5.69 Å². The molecule has 3 heterocycles. The number of carbonyl (C=O) groups excluding carboxylic acids is 1. The van der Waals surface area contributed by atoms with Crippen molar-refractivity contribution in [3.63, 3.8) is 0 Å². The van der Waals surface area contributed by atoms with E-state index in [1.807, 2.05) is 32.0 Å². The fourth-order valence-corrected chi connectivity index (χ4v) is 6.74. The van der Waals surface area contributed by atoms with Crippen LogP contribution in [-0.4, -0.2) is 46.5 Å². The number of thiazole rings is 1. The second-order valence-corrected chi connectivity index (χ2v) is 11.6. The molecule has 0 unspecified atom stereocenters. The summed E-state index contributed by atoms with van der Waals surface area (Å²) in [5.41, 5.74) is 2.61. The Morgan fingerprint density at radius 2 is 1.83 bits per heavy atom. The number of anilines is 1. The number of nitrogens with zero attached hydrogens (tertiary/aromatic N) is 5. The maximum Gasteiger partial charge on any atom is 0.293 e. The van der Waals surface area contributed by atoms with Gasteiger partial charge in [-0.15, -0.1) is 0 Å². The van der Waals surface area contributed by atoms with Gasteiger partial charge in [-0.2, -0.15) is 0 Å². The zero-order valence-electron chi connectivity index (χ0n) is 23.3. The monoisotopic (exact) mass is 593 g/mol. The average Bonchev–Trinajstić information content (AvgIpc) is 3.27. The number of carbonyl (C=O) groups is 1. The standard InChI is InChI=1S/C30H32ClN5O4S/c1-4-33(5-2)29(38)26-19(3)32-30-35(27(26)21-10-12-22(31)13-11-21)28(37)25(41-30)18-20-9-14-23(24(17-20)36(39)40)34-15-7-6-8-16-34/h9-14,17-18,27H,4-8,15-16H2,1-3H3/b25-18-/t27-/m0/s1. The van der Waals surface area contributed by atoms with Crippen molar-refractivity contribution < 1.29 is 9.72 Å². The van der Waals surface area contributed by atoms with Crippen LogP contribution in [0.3, 0.4) is 0 Å². The molecule has 3 aromatic rings. The minimum atomic E-state index is -0.686. The topological polar surface area (TPSA) is 101 Å². The molecule has 214 valence electrons. The number of hydrogen-bond donors (Lipinski definition) is 0. The molecule has 2 aliphatic rings. The molecular formula is C30H32ClN5O4S. The van der Waals surface area contributed by atoms with Crippen LogP contribution in [0.1, 0.15) is 57.2 Å². The van der Waals surface area contributed by atoms with Crippen LogP contribution in [0.2, 0.25) is 5.02 Å². The second kappa shape index (κ2) is 12.0. The highest BCUT2D eigenvalue weighted by Gasteiger charge is 2.34. The molecule has 9 nitrogen and oxygen atoms in total. The number of halogens is 1. The van der Waals surface area contributed by atoms with Gasteiger partial charge in [-0.05, 0) is 75.4 Å². The highest BCUT2D eigenvalue weighted by Crippen LogP contribution is 2.33. The Hall–Kier alpha value is -3.76. The van der Waals surface area contributed by atoms with Gasteiger partial charge in [0.2, 0.25) is 0 Å². The maximum absolute atomic E-state index is 14.0. The molecule has 0 aliphatic carbocycles. The van der Waals surface area contributed by atoms with Crippen LogP contribution < -0.4 is 19.8 Å². The Labute approximate surface area is 246 Å². The predicted molar refractivity (Wildman–Crippen MR) is 162 cm³/mol. The summed E-state index contributed by atoms with van der Waals surface area (Å²) in [6, 6.07) is 11.5. The summed E-state index contributed by atoms with van der Waals surface area (Å²) >= 11 is 7.37. The summed E-state index contributed by atoms with van der Waals surface area (Å²) in [7, 11) is 0. The highest BCUT2D eigenvalue weighted by atomic mass is 35.5. The molecule has 1 saturated heterocycles. The Kier molecular flexibility index (Phi) is 8.42. The molecule has 0 radical (unpaired) electrons. The van der Waals surface area contributed by atoms with E-state index in [0.29, 0.717) is 50.0 Å². The molecule has 5 rings (SSSR count). The lowest BCUT2D eigenvalue weighted by molar-refractivity contribution is -0.384. The molecule has 0 N–H and O–H groups in total. The van der Waals surface area contributed by atoms with Crippen molar-refractivity contribution in [2.75, 3.05) is 31.1 Å². The first-order valence-electron chi connectivity index (χ1n) is 13.8. The predicted octanol–water partition coefficient (Wildman–Crippen LogP) is 4.66. The summed E-state index contributed by atoms with van der Waals surface area (Å²) in [4.78, 5) is 48.2. The van der Waals surface area contributed by atoms with Gasteiger partial charge in [-0.1, -0.05) is 41.1 Å². The number of benzene rings is 2. The van der Waals surface area contributed by atoms with Crippen molar-refractivity contribution >= 4 is 46.3 Å². The van der Waals surface area contributed by atoms with Crippen molar-refractivity contribution in [1.29, 1.82) is 0 Å². The van der Waals surface area contributed by atoms with Crippen LogP contribution >= 0.6 is 22.9 Å². The number of nitro benzene ring substituents is 1. The first kappa shape index (κ1) is 28.8. The molecule has 1 amide bonds. The van der Waals surface area contributed by atoms with E-state index in [2.05, 4.69) is 9.89 Å². The van der Waals surface area contributed by atoms with Crippen molar-refractivity contribution in [3.8, 4) is 0 Å². The Balaban J connectivity index is 1.65. The fourth-order valence-electron chi connectivity index (χ4n) is 5.57. The lowest BCUT2D eigenvalue weighted by atomic mass is 9.94. The molecule has 0 bridgehead atoms. The van der Waals surface area contributed by atoms with Gasteiger partial charge in [0.25, 0.3) is 17.2 Å². The number of fused-ring (bicyclic) bond motifs is 1. The smallest absolute Gasteiger partial charge is 0.293 e. The minimum Gasteiger partial charge on any atom is -0.366 e. The SMILES string of the molecule is CCN(CC)C(=O)C1=C(C)N=c2s/c(=C\c3ccc(N4CCCCC4)c([N+](=O)[O-])c3)c(=O)n2[C@H]1c1ccc(Cl)cc1. The van der Waals surface area contributed by atoms with Crippen molar-refractivity contribution in [2.45, 2.75) is 46.1 Å². The molecular weight excluding hydrogens is 562 g/mol. The third-order valence-corrected chi connectivity index (χ3v) is 8.91. The Morgan fingerprint density at radius 3 is 2.46 bits per heavy atom. The number of allylic oxidation sites excluding steroid dienone is 1. The Morgan fingerprint density at radius 1 is 1.15 bits per heavy atom. The zero-order valence-corrected chi connectivity index (χ0v) is 24.9. The molecule has 2 aliphatic heterocycles. The maximum atomic E-state index is 14.0. The summed E-state index contributed by atoms with van der Waals surface area (Å²) in [5, 5.41) is 12.5. The lowest BCUT2D eigenvalue weighted by Gasteiger charge is -2.29. The largest absolute Gasteiger partial charge is 0.366 e. The van der Waals surface area contributed by atoms with E-state index in [9.17, 15) is 19.7 Å². The van der Waals surface area contributed by atoms with Crippen LogP contribution in [0.25, 0.3) is 6.08 Å². The fraction of sp³-hybridized carbons (Fsp3) is 0.367. The van der Waals surface area contributed by atoms with E-state index >= 15 is 0 Å². The molecule has 1 fully saturated rings. The summed E-state index contributed by atoms with van der Waals surface area (Å²) < 4.78 is 1.94. The number of rotatable bonds is 7. The summed E-state index contributed by atoms with van der Waals surface area (Å²) in [6.45, 7) is 8.25. The van der Waals surface area contributed by atoms with Gasteiger partial charge in [0.05, 0.1) is 26.8 Å². The first-order chi connectivity index (χ1) is 19.7. The van der Waals surface area contributed by atoms with E-state index in [-0.39, 0.29) is 22.1 Å². The van der Waals surface area contributed by atoms with Gasteiger partial charge in [-0.3, -0.25) is 24.3 Å². The third kappa shape index (κ3) is 5.58. The number of nitro groups is 1. The number of piperidine rings is 1. The summed E-state index contributed by atoms with van der Waals surface area (Å²) in [5.74, 6) is -0.172. The van der Waals surface area contributed by atoms with Crippen LogP contribution in [0.15, 0.2) is 63.5 Å². The van der Waals surface area contributed by atoms with E-state index in [0.717, 1.165) is 37.9 Å². The highest BCUT2D eigenvalue weighted by molar-refractivity contribution is 7.07. The van der Waals surface area contributed by atoms with Crippen molar-refractivity contribution in [3.05, 3.63) is 99.7 Å². The summed E-state index contributed by atoms with van der Waals surface area (Å²) in [6.07, 6.45) is 4.81. The van der Waals surface area contributed by atoms with Crippen molar-refractivity contribution in [2.24, 2.45) is 4.99 Å². The molecule has 11 heteroatoms. The van der Waals surface area contributed by atoms with Crippen LogP contribution in [-0.2, 0) is 4.79 Å². The van der Waals surface area contributed by atoms with E-state index in [4.69, 9.17) is 11.6 Å². The van der Waals surface area contributed by atoms with Gasteiger partial charge in [0.15, 0.2) is 4.80 Å². The molecule has 1 atom stereocenters. The molecule has 0 saturated carbocycles. The second-order valence-electron chi connectivity index (χ2n) is 10.2. The normalized spacial score (nSPS) is 17.3. The average molecular weight is 594 g/mol. The molecule has 0 spiro atoms. The van der Waals surface area contributed by atoms with E-state index in [1.165, 1.54) is 17.4 Å². The Bertz CT molecular complexity index is 1700. The van der Waals surface area contributed by atoms with Crippen LogP contribution in [0.5, 0.6) is 0 Å². The molecule has 41 heavy (non-hydrogen) atoms. The van der Waals surface area contributed by atoms with Gasteiger partial charge < -0.3 is 9.80 Å². The molecule has 2 aromatic carbocycles. The first-order valence-corrected chi connectivity index (χ1v) is 15.0. The van der Waals surface area contributed by atoms with E-state index < -0.39 is 6.04 Å².